The van der Waals surface area contributed by atoms with Gasteiger partial charge in [0.25, 0.3) is 5.91 Å². The van der Waals surface area contributed by atoms with E-state index in [1.54, 1.807) is 26.0 Å². The van der Waals surface area contributed by atoms with Gasteiger partial charge in [-0.2, -0.15) is 0 Å². The topological polar surface area (TPSA) is 58.6 Å². The van der Waals surface area contributed by atoms with Gasteiger partial charge in [0.15, 0.2) is 6.10 Å². The Morgan fingerprint density at radius 3 is 2.74 bits per heavy atom. The van der Waals surface area contributed by atoms with Crippen molar-refractivity contribution >= 4 is 21.8 Å². The van der Waals surface area contributed by atoms with E-state index in [4.69, 9.17) is 4.74 Å². The van der Waals surface area contributed by atoms with E-state index in [2.05, 4.69) is 21.2 Å². The summed E-state index contributed by atoms with van der Waals surface area (Å²) >= 11 is 3.35. The van der Waals surface area contributed by atoms with Gasteiger partial charge < -0.3 is 15.2 Å². The van der Waals surface area contributed by atoms with Crippen molar-refractivity contribution in [2.45, 2.75) is 44.9 Å². The lowest BCUT2D eigenvalue weighted by atomic mass is 10.1. The molecule has 0 aromatic heterocycles. The summed E-state index contributed by atoms with van der Waals surface area (Å²) in [4.78, 5) is 11.8. The highest BCUT2D eigenvalue weighted by atomic mass is 79.9. The number of benzene rings is 1. The molecule has 2 atom stereocenters. The highest BCUT2D eigenvalue weighted by Gasteiger charge is 2.26. The molecular weight excluding hydrogens is 310 g/mol. The number of halogens is 1. The second-order valence-corrected chi connectivity index (χ2v) is 5.82. The van der Waals surface area contributed by atoms with Gasteiger partial charge in [0, 0.05) is 16.1 Å². The SMILES string of the molecule is CC(Oc1ccc(Br)cc1C(C)O)C(=O)NC1CC1. The minimum Gasteiger partial charge on any atom is -0.481 e. The quantitative estimate of drug-likeness (QED) is 0.873. The average molecular weight is 328 g/mol. The molecule has 1 saturated carbocycles. The number of hydrogen-bond donors (Lipinski definition) is 2. The molecule has 0 saturated heterocycles. The molecule has 2 rings (SSSR count). The molecule has 19 heavy (non-hydrogen) atoms. The Morgan fingerprint density at radius 1 is 1.47 bits per heavy atom. The van der Waals surface area contributed by atoms with Gasteiger partial charge >= 0.3 is 0 Å². The molecule has 1 aliphatic rings. The van der Waals surface area contributed by atoms with Crippen molar-refractivity contribution in [1.29, 1.82) is 0 Å². The van der Waals surface area contributed by atoms with Crippen molar-refractivity contribution in [2.75, 3.05) is 0 Å². The third-order valence-corrected chi connectivity index (χ3v) is 3.51. The summed E-state index contributed by atoms with van der Waals surface area (Å²) in [6.07, 6.45) is 0.885. The van der Waals surface area contributed by atoms with Crippen LogP contribution in [0.2, 0.25) is 0 Å². The van der Waals surface area contributed by atoms with Crippen LogP contribution in [0.5, 0.6) is 5.75 Å². The lowest BCUT2D eigenvalue weighted by Gasteiger charge is -2.18. The van der Waals surface area contributed by atoms with Gasteiger partial charge in [-0.3, -0.25) is 4.79 Å². The van der Waals surface area contributed by atoms with Gasteiger partial charge in [0.2, 0.25) is 0 Å². The first-order valence-corrected chi connectivity index (χ1v) is 7.21. The zero-order chi connectivity index (χ0) is 14.0. The molecular formula is C14H18BrNO3. The summed E-state index contributed by atoms with van der Waals surface area (Å²) in [5.74, 6) is 0.429. The van der Waals surface area contributed by atoms with Crippen molar-refractivity contribution in [3.63, 3.8) is 0 Å². The molecule has 1 aliphatic carbocycles. The van der Waals surface area contributed by atoms with Crippen LogP contribution in [-0.2, 0) is 4.79 Å². The summed E-state index contributed by atoms with van der Waals surface area (Å²) in [6.45, 7) is 3.38. The summed E-state index contributed by atoms with van der Waals surface area (Å²) < 4.78 is 6.53. The molecule has 0 aliphatic heterocycles. The van der Waals surface area contributed by atoms with Crippen molar-refractivity contribution < 1.29 is 14.6 Å². The van der Waals surface area contributed by atoms with Gasteiger partial charge in [-0.25, -0.2) is 0 Å². The van der Waals surface area contributed by atoms with Crippen LogP contribution in [0.4, 0.5) is 0 Å². The number of aliphatic hydroxyl groups excluding tert-OH is 1. The zero-order valence-corrected chi connectivity index (χ0v) is 12.6. The first-order valence-electron chi connectivity index (χ1n) is 6.42. The maximum Gasteiger partial charge on any atom is 0.260 e. The third-order valence-electron chi connectivity index (χ3n) is 3.02. The summed E-state index contributed by atoms with van der Waals surface area (Å²) in [5.41, 5.74) is 0.667. The van der Waals surface area contributed by atoms with Crippen LogP contribution in [0.1, 0.15) is 38.4 Å². The number of carbonyl (C=O) groups excluding carboxylic acids is 1. The largest absolute Gasteiger partial charge is 0.481 e. The Kier molecular flexibility index (Phi) is 4.47. The number of hydrogen-bond acceptors (Lipinski definition) is 3. The molecule has 0 spiro atoms. The van der Waals surface area contributed by atoms with Gasteiger partial charge in [-0.05, 0) is 44.9 Å². The Morgan fingerprint density at radius 2 is 2.16 bits per heavy atom. The molecule has 0 bridgehead atoms. The second kappa shape index (κ2) is 5.92. The van der Waals surface area contributed by atoms with Crippen molar-refractivity contribution in [1.82, 2.24) is 5.32 Å². The number of amides is 1. The van der Waals surface area contributed by atoms with Crippen LogP contribution >= 0.6 is 15.9 Å². The lowest BCUT2D eigenvalue weighted by Crippen LogP contribution is -2.37. The smallest absolute Gasteiger partial charge is 0.260 e. The number of carbonyl (C=O) groups is 1. The van der Waals surface area contributed by atoms with Crippen LogP contribution < -0.4 is 10.1 Å². The first-order chi connectivity index (χ1) is 8.97. The number of ether oxygens (including phenoxy) is 1. The van der Waals surface area contributed by atoms with E-state index in [1.807, 2.05) is 6.07 Å². The van der Waals surface area contributed by atoms with Gasteiger partial charge in [0.05, 0.1) is 6.10 Å². The summed E-state index contributed by atoms with van der Waals surface area (Å²) in [7, 11) is 0. The van der Waals surface area contributed by atoms with Crippen molar-refractivity contribution in [2.24, 2.45) is 0 Å². The number of aliphatic hydroxyl groups is 1. The molecule has 5 heteroatoms. The van der Waals surface area contributed by atoms with E-state index in [9.17, 15) is 9.90 Å². The molecule has 1 aromatic carbocycles. The molecule has 4 nitrogen and oxygen atoms in total. The van der Waals surface area contributed by atoms with Crippen molar-refractivity contribution in [3.05, 3.63) is 28.2 Å². The Bertz CT molecular complexity index is 472. The molecule has 2 unspecified atom stereocenters. The van der Waals surface area contributed by atoms with E-state index in [-0.39, 0.29) is 5.91 Å². The lowest BCUT2D eigenvalue weighted by molar-refractivity contribution is -0.127. The minimum absolute atomic E-state index is 0.109. The van der Waals surface area contributed by atoms with Gasteiger partial charge in [-0.15, -0.1) is 0 Å². The molecule has 2 N–H and O–H groups in total. The number of rotatable bonds is 5. The monoisotopic (exact) mass is 327 g/mol. The number of nitrogens with one attached hydrogen (secondary N) is 1. The highest BCUT2D eigenvalue weighted by Crippen LogP contribution is 2.29. The Balaban J connectivity index is 2.06. The Labute approximate surface area is 121 Å². The first kappa shape index (κ1) is 14.3. The maximum absolute atomic E-state index is 11.8. The molecule has 1 amide bonds. The predicted octanol–water partition coefficient (Wildman–Crippen LogP) is 2.55. The highest BCUT2D eigenvalue weighted by molar-refractivity contribution is 9.10. The van der Waals surface area contributed by atoms with Gasteiger partial charge in [-0.1, -0.05) is 15.9 Å². The molecule has 1 aromatic rings. The fourth-order valence-corrected chi connectivity index (χ4v) is 2.12. The zero-order valence-electron chi connectivity index (χ0n) is 11.0. The second-order valence-electron chi connectivity index (χ2n) is 4.90. The van der Waals surface area contributed by atoms with E-state index in [1.165, 1.54) is 0 Å². The molecule has 0 heterocycles. The molecule has 0 radical (unpaired) electrons. The standard InChI is InChI=1S/C14H18BrNO3/c1-8(17)12-7-10(15)3-6-13(12)19-9(2)14(18)16-11-4-5-11/h3,6-9,11,17H,4-5H2,1-2H3,(H,16,18). The molecule has 104 valence electrons. The summed E-state index contributed by atoms with van der Waals surface area (Å²) in [5, 5.41) is 12.6. The normalized spacial score (nSPS) is 17.7. The third kappa shape index (κ3) is 3.94. The van der Waals surface area contributed by atoms with Crippen molar-refractivity contribution in [3.8, 4) is 5.75 Å². The van der Waals surface area contributed by atoms with E-state index in [0.717, 1.165) is 17.3 Å². The van der Waals surface area contributed by atoms with Crippen LogP contribution in [0, 0.1) is 0 Å². The summed E-state index contributed by atoms with van der Waals surface area (Å²) in [6, 6.07) is 5.70. The fourth-order valence-electron chi connectivity index (χ4n) is 1.74. The van der Waals surface area contributed by atoms with E-state index < -0.39 is 12.2 Å². The van der Waals surface area contributed by atoms with Crippen LogP contribution in [0.25, 0.3) is 0 Å². The Hall–Kier alpha value is -1.07. The van der Waals surface area contributed by atoms with Crippen LogP contribution in [0.15, 0.2) is 22.7 Å². The maximum atomic E-state index is 11.8. The minimum atomic E-state index is -0.647. The van der Waals surface area contributed by atoms with Gasteiger partial charge in [0.1, 0.15) is 5.75 Å². The van der Waals surface area contributed by atoms with E-state index in [0.29, 0.717) is 17.4 Å². The average Bonchev–Trinajstić information content (AvgIpc) is 3.14. The fraction of sp³-hybridized carbons (Fsp3) is 0.500. The van der Waals surface area contributed by atoms with E-state index >= 15 is 0 Å². The van der Waals surface area contributed by atoms with Crippen LogP contribution in [0.3, 0.4) is 0 Å². The predicted molar refractivity (Wildman–Crippen MR) is 76.0 cm³/mol. The molecule has 1 fully saturated rings. The van der Waals surface area contributed by atoms with Crippen LogP contribution in [-0.4, -0.2) is 23.2 Å².